The predicted octanol–water partition coefficient (Wildman–Crippen LogP) is 3.34. The second-order valence-electron chi connectivity index (χ2n) is 7.53. The van der Waals surface area contributed by atoms with Crippen molar-refractivity contribution in [2.45, 2.75) is 37.8 Å². The summed E-state index contributed by atoms with van der Waals surface area (Å²) >= 11 is 0. The topological polar surface area (TPSA) is 59.0 Å². The fourth-order valence-electron chi connectivity index (χ4n) is 3.98. The lowest BCUT2D eigenvalue weighted by atomic mass is 10.0. The van der Waals surface area contributed by atoms with Crippen LogP contribution in [0.15, 0.2) is 54.6 Å². The molecule has 2 aliphatic heterocycles. The van der Waals surface area contributed by atoms with Crippen LogP contribution in [0.3, 0.4) is 0 Å². The number of ether oxygens (including phenoxy) is 2. The first-order chi connectivity index (χ1) is 12.9. The lowest BCUT2D eigenvalue weighted by molar-refractivity contribution is -0.0502. The molecule has 5 atom stereocenters. The zero-order valence-corrected chi connectivity index (χ0v) is 16.6. The van der Waals surface area contributed by atoms with Crippen molar-refractivity contribution in [3.8, 4) is 0 Å². The molecule has 0 saturated carbocycles. The van der Waals surface area contributed by atoms with Crippen LogP contribution < -0.4 is 10.2 Å². The van der Waals surface area contributed by atoms with Gasteiger partial charge in [-0.3, -0.25) is 4.57 Å². The first kappa shape index (κ1) is 18.7. The molecule has 1 N–H and O–H groups in total. The molecule has 2 aliphatic rings. The Morgan fingerprint density at radius 1 is 1.00 bits per heavy atom. The lowest BCUT2D eigenvalue weighted by Crippen LogP contribution is -2.45. The minimum Gasteiger partial charge on any atom is -0.372 e. The standard InChI is InChI=1S/C21H26NO4P/c1-15-12-22(13-16(2)26-15)18-10-8-17(9-11-18)21-20(14-25-21)27(23,24)19-6-4-3-5-7-19/h3-11,15-16,20-21H,12-14H2,1-2H3,(H,23,24). The number of anilines is 1. The van der Waals surface area contributed by atoms with Gasteiger partial charge in [0.05, 0.1) is 30.6 Å². The number of hydrogen-bond acceptors (Lipinski definition) is 4. The third kappa shape index (κ3) is 3.70. The van der Waals surface area contributed by atoms with E-state index in [4.69, 9.17) is 9.47 Å². The summed E-state index contributed by atoms with van der Waals surface area (Å²) in [4.78, 5) is 13.0. The Labute approximate surface area is 160 Å². The molecule has 2 heterocycles. The van der Waals surface area contributed by atoms with E-state index in [1.165, 1.54) is 0 Å². The van der Waals surface area contributed by atoms with Gasteiger partial charge in [-0.05, 0) is 43.7 Å². The van der Waals surface area contributed by atoms with E-state index in [1.807, 2.05) is 18.2 Å². The average Bonchev–Trinajstić information content (AvgIpc) is 2.61. The number of morpholine rings is 1. The Bertz CT molecular complexity index is 816. The van der Waals surface area contributed by atoms with Gasteiger partial charge in [0.2, 0.25) is 7.37 Å². The molecule has 5 nitrogen and oxygen atoms in total. The van der Waals surface area contributed by atoms with Crippen LogP contribution in [-0.4, -0.2) is 42.5 Å². The molecule has 6 heteroatoms. The van der Waals surface area contributed by atoms with Gasteiger partial charge in [-0.2, -0.15) is 0 Å². The molecule has 2 aromatic rings. The Morgan fingerprint density at radius 2 is 1.63 bits per heavy atom. The Kier molecular flexibility index (Phi) is 5.13. The molecular weight excluding hydrogens is 361 g/mol. The highest BCUT2D eigenvalue weighted by Gasteiger charge is 2.46. The molecule has 2 aromatic carbocycles. The maximum atomic E-state index is 13.0. The number of hydrogen-bond donors (Lipinski definition) is 1. The van der Waals surface area contributed by atoms with Crippen molar-refractivity contribution >= 4 is 18.4 Å². The Hall–Kier alpha value is -1.65. The van der Waals surface area contributed by atoms with E-state index in [0.29, 0.717) is 11.9 Å². The van der Waals surface area contributed by atoms with Crippen molar-refractivity contribution < 1.29 is 18.9 Å². The maximum absolute atomic E-state index is 13.0. The third-order valence-corrected chi connectivity index (χ3v) is 7.74. The normalized spacial score (nSPS) is 30.4. The molecule has 0 spiro atoms. The van der Waals surface area contributed by atoms with Crippen molar-refractivity contribution in [1.82, 2.24) is 0 Å². The SMILES string of the molecule is CC1CN(c2ccc(C3OCC3P(=O)(O)c3ccccc3)cc2)CC(C)O1. The summed E-state index contributed by atoms with van der Waals surface area (Å²) in [6.07, 6.45) is 0.0791. The minimum atomic E-state index is -3.48. The van der Waals surface area contributed by atoms with Crippen molar-refractivity contribution in [3.63, 3.8) is 0 Å². The van der Waals surface area contributed by atoms with E-state index >= 15 is 0 Å². The Morgan fingerprint density at radius 3 is 2.19 bits per heavy atom. The van der Waals surface area contributed by atoms with Gasteiger partial charge in [0.25, 0.3) is 0 Å². The molecule has 4 rings (SSSR count). The number of rotatable bonds is 4. The van der Waals surface area contributed by atoms with Crippen LogP contribution in [-0.2, 0) is 14.0 Å². The van der Waals surface area contributed by atoms with Crippen molar-refractivity contribution in [2.24, 2.45) is 0 Å². The van der Waals surface area contributed by atoms with Crippen molar-refractivity contribution in [3.05, 3.63) is 60.2 Å². The monoisotopic (exact) mass is 387 g/mol. The summed E-state index contributed by atoms with van der Waals surface area (Å²) in [5, 5.41) is 0.496. The van der Waals surface area contributed by atoms with Gasteiger partial charge in [-0.1, -0.05) is 30.3 Å². The van der Waals surface area contributed by atoms with Crippen LogP contribution in [0.1, 0.15) is 25.5 Å². The molecule has 0 radical (unpaired) electrons. The van der Waals surface area contributed by atoms with Crippen LogP contribution in [0.5, 0.6) is 0 Å². The zero-order valence-electron chi connectivity index (χ0n) is 15.7. The second-order valence-corrected chi connectivity index (χ2v) is 9.96. The molecule has 0 aromatic heterocycles. The van der Waals surface area contributed by atoms with Crippen LogP contribution in [0.2, 0.25) is 0 Å². The zero-order chi connectivity index (χ0) is 19.0. The lowest BCUT2D eigenvalue weighted by Gasteiger charge is -2.40. The van der Waals surface area contributed by atoms with Crippen LogP contribution in [0.25, 0.3) is 0 Å². The molecule has 27 heavy (non-hydrogen) atoms. The van der Waals surface area contributed by atoms with Crippen LogP contribution in [0.4, 0.5) is 5.69 Å². The number of benzene rings is 2. The Balaban J connectivity index is 1.50. The van der Waals surface area contributed by atoms with Gasteiger partial charge >= 0.3 is 0 Å². The molecule has 0 bridgehead atoms. The fourth-order valence-corrected chi connectivity index (χ4v) is 5.87. The smallest absolute Gasteiger partial charge is 0.237 e. The van der Waals surface area contributed by atoms with Gasteiger partial charge in [-0.15, -0.1) is 0 Å². The molecule has 2 saturated heterocycles. The summed E-state index contributed by atoms with van der Waals surface area (Å²) in [7, 11) is -3.48. The quantitative estimate of drug-likeness (QED) is 0.816. The highest BCUT2D eigenvalue weighted by molar-refractivity contribution is 7.66. The largest absolute Gasteiger partial charge is 0.372 e. The third-order valence-electron chi connectivity index (χ3n) is 5.38. The average molecular weight is 387 g/mol. The van der Waals surface area contributed by atoms with Crippen molar-refractivity contribution in [1.29, 1.82) is 0 Å². The van der Waals surface area contributed by atoms with E-state index in [9.17, 15) is 9.46 Å². The van der Waals surface area contributed by atoms with Crippen LogP contribution in [0, 0.1) is 0 Å². The van der Waals surface area contributed by atoms with Crippen molar-refractivity contribution in [2.75, 3.05) is 24.6 Å². The molecule has 144 valence electrons. The highest BCUT2D eigenvalue weighted by atomic mass is 31.2. The molecular formula is C21H26NO4P. The maximum Gasteiger partial charge on any atom is 0.237 e. The van der Waals surface area contributed by atoms with Gasteiger partial charge in [-0.25, -0.2) is 0 Å². The summed E-state index contributed by atoms with van der Waals surface area (Å²) in [6.45, 7) is 6.23. The van der Waals surface area contributed by atoms with E-state index in [0.717, 1.165) is 24.3 Å². The minimum absolute atomic E-state index is 0.207. The molecule has 2 fully saturated rings. The predicted molar refractivity (Wildman–Crippen MR) is 107 cm³/mol. The molecule has 0 aliphatic carbocycles. The van der Waals surface area contributed by atoms with E-state index in [2.05, 4.69) is 30.9 Å². The first-order valence-corrected chi connectivity index (χ1v) is 11.2. The van der Waals surface area contributed by atoms with Gasteiger partial charge in [0.1, 0.15) is 0 Å². The van der Waals surface area contributed by atoms with E-state index < -0.39 is 13.0 Å². The summed E-state index contributed by atoms with van der Waals surface area (Å²) in [5.74, 6) is 0. The number of nitrogens with zero attached hydrogens (tertiary/aromatic N) is 1. The summed E-state index contributed by atoms with van der Waals surface area (Å²) in [6, 6.07) is 17.1. The molecule has 5 unspecified atom stereocenters. The van der Waals surface area contributed by atoms with Gasteiger partial charge in [0.15, 0.2) is 0 Å². The second kappa shape index (κ2) is 7.40. The molecule has 0 amide bonds. The summed E-state index contributed by atoms with van der Waals surface area (Å²) < 4.78 is 24.5. The highest BCUT2D eigenvalue weighted by Crippen LogP contribution is 2.55. The summed E-state index contributed by atoms with van der Waals surface area (Å²) in [5.41, 5.74) is 1.70. The van der Waals surface area contributed by atoms with Gasteiger partial charge in [0, 0.05) is 24.1 Å². The van der Waals surface area contributed by atoms with E-state index in [1.54, 1.807) is 24.3 Å². The van der Waals surface area contributed by atoms with Crippen LogP contribution >= 0.6 is 7.37 Å². The fraction of sp³-hybridized carbons (Fsp3) is 0.429. The first-order valence-electron chi connectivity index (χ1n) is 9.45. The van der Waals surface area contributed by atoms with E-state index in [-0.39, 0.29) is 18.3 Å². The van der Waals surface area contributed by atoms with Gasteiger partial charge < -0.3 is 19.3 Å².